The second kappa shape index (κ2) is 23.9. The minimum absolute atomic E-state index is 0.0115. The Balaban J connectivity index is 1.46. The lowest BCUT2D eigenvalue weighted by molar-refractivity contribution is -0.144. The van der Waals surface area contributed by atoms with Crippen LogP contribution in [0.5, 0.6) is 0 Å². The molecule has 0 radical (unpaired) electrons. The van der Waals surface area contributed by atoms with Gasteiger partial charge in [-0.2, -0.15) is 0 Å². The van der Waals surface area contributed by atoms with Crippen LogP contribution in [-0.4, -0.2) is 114 Å². The fraction of sp³-hybridized carbons (Fsp3) is 0.727. The van der Waals surface area contributed by atoms with E-state index in [-0.39, 0.29) is 72.9 Å². The Morgan fingerprint density at radius 1 is 1.00 bits per heavy atom. The number of esters is 1. The second-order valence-corrected chi connectivity index (χ2v) is 17.1. The quantitative estimate of drug-likeness (QED) is 0.0329. The van der Waals surface area contributed by atoms with Crippen molar-refractivity contribution in [2.45, 2.75) is 167 Å². The van der Waals surface area contributed by atoms with Gasteiger partial charge in [-0.3, -0.25) is 28.8 Å². The monoisotopic (exact) mass is 831 g/mol. The van der Waals surface area contributed by atoms with E-state index in [9.17, 15) is 33.9 Å². The first-order valence-corrected chi connectivity index (χ1v) is 21.3. The van der Waals surface area contributed by atoms with Gasteiger partial charge in [0, 0.05) is 44.6 Å². The van der Waals surface area contributed by atoms with Crippen molar-refractivity contribution in [3.8, 4) is 0 Å². The molecule has 3 saturated heterocycles. The van der Waals surface area contributed by atoms with Crippen LogP contribution >= 0.6 is 0 Å². The molecule has 0 aliphatic carbocycles. The van der Waals surface area contributed by atoms with Crippen LogP contribution in [0, 0.1) is 17.8 Å². The average Bonchev–Trinajstić information content (AvgIpc) is 3.94. The van der Waals surface area contributed by atoms with Crippen molar-refractivity contribution in [1.29, 1.82) is 0 Å². The number of carbonyl (C=O) groups excluding carboxylic acids is 6. The predicted molar refractivity (Wildman–Crippen MR) is 222 cm³/mol. The summed E-state index contributed by atoms with van der Waals surface area (Å²) in [7, 11) is 0. The zero-order valence-electron chi connectivity index (χ0n) is 36.3. The normalized spacial score (nSPS) is 28.6. The van der Waals surface area contributed by atoms with Crippen molar-refractivity contribution in [2.24, 2.45) is 23.5 Å². The first-order valence-electron chi connectivity index (χ1n) is 21.3. The van der Waals surface area contributed by atoms with Gasteiger partial charge < -0.3 is 45.7 Å². The van der Waals surface area contributed by atoms with E-state index in [0.717, 1.165) is 24.8 Å². The number of unbranched alkanes of at least 4 members (excludes halogenated alkanes) is 2. The predicted octanol–water partition coefficient (Wildman–Crippen LogP) is 3.30. The van der Waals surface area contributed by atoms with Crippen molar-refractivity contribution >= 4 is 35.3 Å². The Labute approximate surface area is 350 Å². The van der Waals surface area contributed by atoms with Crippen LogP contribution in [0.3, 0.4) is 0 Å². The number of aliphatic hydroxyl groups is 1. The Kier molecular flexibility index (Phi) is 20.1. The Bertz CT molecular complexity index is 1540. The van der Waals surface area contributed by atoms with Gasteiger partial charge in [0.25, 0.3) is 0 Å². The molecule has 0 aromatic heterocycles. The molecule has 332 valence electrons. The lowest BCUT2D eigenvalue weighted by Crippen LogP contribution is -2.50. The highest BCUT2D eigenvalue weighted by Gasteiger charge is 2.58. The maximum Gasteiger partial charge on any atom is 0.303 e. The van der Waals surface area contributed by atoms with Gasteiger partial charge in [-0.1, -0.05) is 57.9 Å². The maximum atomic E-state index is 13.1. The number of Topliss-reactive ketones (excluding diaryl/α,β-unsaturated/α-hetero) is 2. The topological polar surface area (TPSA) is 225 Å². The molecule has 0 unspecified atom stereocenters. The number of hydrogen-bond donors (Lipinski definition) is 5. The fourth-order valence-corrected chi connectivity index (χ4v) is 7.57. The van der Waals surface area contributed by atoms with Crippen LogP contribution < -0.4 is 21.7 Å². The lowest BCUT2D eigenvalue weighted by atomic mass is 9.87. The maximum absolute atomic E-state index is 13.1. The van der Waals surface area contributed by atoms with Gasteiger partial charge in [-0.15, -0.1) is 0 Å². The van der Waals surface area contributed by atoms with Crippen LogP contribution in [0.1, 0.15) is 113 Å². The zero-order valence-corrected chi connectivity index (χ0v) is 36.3. The molecule has 15 nitrogen and oxygen atoms in total. The number of ketones is 2. The van der Waals surface area contributed by atoms with E-state index in [4.69, 9.17) is 24.7 Å². The third kappa shape index (κ3) is 16.7. The molecule has 15 heteroatoms. The summed E-state index contributed by atoms with van der Waals surface area (Å²) in [5, 5.41) is 19.6. The largest absolute Gasteiger partial charge is 0.459 e. The van der Waals surface area contributed by atoms with Crippen LogP contribution in [0.2, 0.25) is 0 Å². The minimum Gasteiger partial charge on any atom is -0.459 e. The molecule has 1 spiro atoms. The van der Waals surface area contributed by atoms with Gasteiger partial charge in [0.1, 0.15) is 23.9 Å². The molecule has 0 aromatic rings. The highest BCUT2D eigenvalue weighted by Crippen LogP contribution is 2.43. The lowest BCUT2D eigenvalue weighted by Gasteiger charge is -2.39. The van der Waals surface area contributed by atoms with E-state index in [0.29, 0.717) is 38.8 Å². The first kappa shape index (κ1) is 49.6. The van der Waals surface area contributed by atoms with Gasteiger partial charge in [-0.05, 0) is 70.9 Å². The van der Waals surface area contributed by atoms with E-state index in [1.807, 2.05) is 33.8 Å². The minimum atomic E-state index is -0.916. The van der Waals surface area contributed by atoms with Crippen LogP contribution in [0.4, 0.5) is 0 Å². The molecule has 0 bridgehead atoms. The standard InChI is InChI=1S/C44H70N4O11/c1-26(2)41(48-39(52)12-10-9-11-19-45)36(51)21-29(5)43(55)46-24-33(50)22-34-23-44(25-56-44)42(54)38(59-34)17-14-27(3)13-16-37-28(4)20-35(31(7)58-37)47-40(53)18-15-30(6)57-32(8)49/h13-15,17-18,26,28-31,34-35,37-38,41-42,54H,9-12,16,19-25,45H2,1-8H3,(H,46,55)(H,47,53)(H,48,52)/b17-14+,18-15-,27-13+/t28-,29+,30-,31+,34+,35+,37-,38+,41-,42+,44+/m0/s1. The number of rotatable bonds is 23. The van der Waals surface area contributed by atoms with Crippen molar-refractivity contribution < 1.29 is 52.8 Å². The van der Waals surface area contributed by atoms with Crippen LogP contribution in [0.15, 0.2) is 36.0 Å². The summed E-state index contributed by atoms with van der Waals surface area (Å²) in [5.74, 6) is -2.51. The third-order valence-corrected chi connectivity index (χ3v) is 11.2. The number of nitrogens with two attached hydrogens (primary N) is 1. The summed E-state index contributed by atoms with van der Waals surface area (Å²) in [5.41, 5.74) is 5.67. The number of epoxide rings is 1. The molecular formula is C44H70N4O11. The van der Waals surface area contributed by atoms with Gasteiger partial charge >= 0.3 is 5.97 Å². The average molecular weight is 831 g/mol. The van der Waals surface area contributed by atoms with Crippen molar-refractivity contribution in [3.05, 3.63) is 36.0 Å². The summed E-state index contributed by atoms with van der Waals surface area (Å²) in [6.07, 6.45) is 10.00. The van der Waals surface area contributed by atoms with E-state index in [1.54, 1.807) is 19.9 Å². The number of nitrogens with one attached hydrogen (secondary N) is 3. The molecular weight excluding hydrogens is 761 g/mol. The van der Waals surface area contributed by atoms with Crippen molar-refractivity contribution in [1.82, 2.24) is 16.0 Å². The number of hydrogen-bond acceptors (Lipinski definition) is 12. The molecule has 3 aliphatic rings. The summed E-state index contributed by atoms with van der Waals surface area (Å²) in [6.45, 7) is 15.0. The van der Waals surface area contributed by atoms with Crippen molar-refractivity contribution in [3.63, 3.8) is 0 Å². The highest BCUT2D eigenvalue weighted by molar-refractivity contribution is 5.93. The van der Waals surface area contributed by atoms with Crippen LogP contribution in [-0.2, 0) is 47.7 Å². The van der Waals surface area contributed by atoms with Crippen molar-refractivity contribution in [2.75, 3.05) is 19.7 Å². The van der Waals surface area contributed by atoms with Crippen LogP contribution in [0.25, 0.3) is 0 Å². The molecule has 59 heavy (non-hydrogen) atoms. The Hall–Kier alpha value is -3.76. The number of amides is 3. The molecule has 6 N–H and O–H groups in total. The van der Waals surface area contributed by atoms with E-state index < -0.39 is 53.9 Å². The Morgan fingerprint density at radius 2 is 1.71 bits per heavy atom. The number of allylic oxidation sites excluding steroid dienone is 2. The summed E-state index contributed by atoms with van der Waals surface area (Å²) in [4.78, 5) is 75.1. The highest BCUT2D eigenvalue weighted by atomic mass is 16.6. The molecule has 3 amide bonds. The molecule has 3 rings (SSSR count). The molecule has 3 aliphatic heterocycles. The summed E-state index contributed by atoms with van der Waals surface area (Å²) < 4.78 is 23.2. The zero-order chi connectivity index (χ0) is 43.9. The third-order valence-electron chi connectivity index (χ3n) is 11.2. The number of ether oxygens (including phenoxy) is 4. The summed E-state index contributed by atoms with van der Waals surface area (Å²) in [6, 6.07) is -0.878. The van der Waals surface area contributed by atoms with E-state index in [2.05, 4.69) is 29.0 Å². The van der Waals surface area contributed by atoms with E-state index in [1.165, 1.54) is 19.1 Å². The van der Waals surface area contributed by atoms with Gasteiger partial charge in [0.05, 0.1) is 43.5 Å². The Morgan fingerprint density at radius 3 is 2.36 bits per heavy atom. The fourth-order valence-electron chi connectivity index (χ4n) is 7.57. The number of aliphatic hydroxyl groups excluding tert-OH is 1. The van der Waals surface area contributed by atoms with Gasteiger partial charge in [-0.25, -0.2) is 0 Å². The first-order chi connectivity index (χ1) is 27.8. The molecule has 0 saturated carbocycles. The summed E-state index contributed by atoms with van der Waals surface area (Å²) >= 11 is 0. The smallest absolute Gasteiger partial charge is 0.303 e. The SMILES string of the molecule is CC(=O)O[C@@H](C)/C=C\C(=O)N[C@@H]1C[C@H](C)[C@H](C/C=C(C)/C=C/[C@H]2O[C@H](CC(=O)CNC(=O)[C@H](C)CC(=O)[C@@H](NC(=O)CCCCCN)C(C)C)C[C@@]3(CO3)[C@@H]2O)O[C@@H]1C. The molecule has 0 aromatic carbocycles. The van der Waals surface area contributed by atoms with Gasteiger partial charge in [0.2, 0.25) is 17.7 Å². The molecule has 3 fully saturated rings. The number of carbonyl (C=O) groups is 6. The second-order valence-electron chi connectivity index (χ2n) is 17.1. The van der Waals surface area contributed by atoms with Gasteiger partial charge in [0.15, 0.2) is 11.6 Å². The molecule has 3 heterocycles. The molecule has 11 atom stereocenters. The van der Waals surface area contributed by atoms with E-state index >= 15 is 0 Å².